The van der Waals surface area contributed by atoms with E-state index in [0.717, 1.165) is 17.2 Å². The van der Waals surface area contributed by atoms with Crippen molar-refractivity contribution in [3.05, 3.63) is 38.0 Å². The van der Waals surface area contributed by atoms with Crippen molar-refractivity contribution in [2.75, 3.05) is 25.1 Å². The number of azo groups is 1. The molecular formula is C12H15N5O4S2. The number of likely N-dealkylation sites (N-methyl/N-ethyl adjacent to an activating group) is 1. The van der Waals surface area contributed by atoms with E-state index in [4.69, 9.17) is 0 Å². The largest absolute Gasteiger partial charge is 0.726 e. The van der Waals surface area contributed by atoms with E-state index in [2.05, 4.69) is 23.8 Å². The average Bonchev–Trinajstić information content (AvgIpc) is 2.97. The molecule has 0 fully saturated rings. The molecule has 1 aromatic heterocycles. The molecule has 0 N–H and O–H groups in total. The molecule has 0 aliphatic carbocycles. The van der Waals surface area contributed by atoms with Gasteiger partial charge in [-0.25, -0.2) is 13.4 Å². The minimum absolute atomic E-state index is 0. The molecule has 2 aromatic rings. The molecular weight excluding hydrogens is 342 g/mol. The number of hydrogen-bond acceptors (Lipinski definition) is 10. The Morgan fingerprint density at radius 1 is 1.30 bits per heavy atom. The lowest BCUT2D eigenvalue weighted by Gasteiger charge is -2.19. The van der Waals surface area contributed by atoms with E-state index < -0.39 is 10.4 Å². The van der Waals surface area contributed by atoms with Crippen LogP contribution >= 0.6 is 11.5 Å². The summed E-state index contributed by atoms with van der Waals surface area (Å²) in [6.45, 7) is 0.0496. The number of aromatic nitrogens is 2. The lowest BCUT2D eigenvalue weighted by Crippen LogP contribution is -2.23. The summed E-state index contributed by atoms with van der Waals surface area (Å²) in [7, 11) is -2.90. The molecule has 23 heavy (non-hydrogen) atoms. The number of rotatable bonds is 7. The lowest BCUT2D eigenvalue weighted by molar-refractivity contribution is 0.267. The molecule has 0 radical (unpaired) electrons. The molecule has 0 spiro atoms. The second-order valence-electron chi connectivity index (χ2n) is 4.09. The van der Waals surface area contributed by atoms with Crippen LogP contribution in [0.25, 0.3) is 0 Å². The van der Waals surface area contributed by atoms with Crippen molar-refractivity contribution in [2.24, 2.45) is 10.2 Å². The Morgan fingerprint density at radius 2 is 2.00 bits per heavy atom. The second-order valence-corrected chi connectivity index (χ2v) is 5.90. The molecule has 0 saturated heterocycles. The molecule has 0 bridgehead atoms. The molecule has 0 aliphatic heterocycles. The highest BCUT2D eigenvalue weighted by molar-refractivity contribution is 7.80. The quantitative estimate of drug-likeness (QED) is 0.323. The lowest BCUT2D eigenvalue weighted by atomic mass is 10.2. The van der Waals surface area contributed by atoms with Gasteiger partial charge >= 0.3 is 0 Å². The molecule has 0 saturated carbocycles. The third-order valence-corrected chi connectivity index (χ3v) is 3.55. The van der Waals surface area contributed by atoms with Gasteiger partial charge in [-0.3, -0.25) is 4.18 Å². The third-order valence-electron chi connectivity index (χ3n) is 2.55. The maximum absolute atomic E-state index is 10.3. The Balaban J connectivity index is 0.00000264. The van der Waals surface area contributed by atoms with E-state index in [9.17, 15) is 13.0 Å². The molecule has 1 heterocycles. The van der Waals surface area contributed by atoms with Crippen molar-refractivity contribution in [3.8, 4) is 0 Å². The van der Waals surface area contributed by atoms with Gasteiger partial charge in [0.1, 0.15) is 6.33 Å². The van der Waals surface area contributed by atoms with Gasteiger partial charge < -0.3 is 9.45 Å². The first-order valence-corrected chi connectivity index (χ1v) is 8.14. The van der Waals surface area contributed by atoms with Gasteiger partial charge in [0.15, 0.2) is 0 Å². The van der Waals surface area contributed by atoms with Crippen LogP contribution < -0.4 is 4.90 Å². The number of anilines is 1. The first-order valence-electron chi connectivity index (χ1n) is 6.04. The van der Waals surface area contributed by atoms with Crippen LogP contribution in [0.3, 0.4) is 0 Å². The van der Waals surface area contributed by atoms with Gasteiger partial charge in [-0.15, -0.1) is 10.2 Å². The first kappa shape index (κ1) is 19.0. The fraction of sp³-hybridized carbons (Fsp3) is 0.250. The van der Waals surface area contributed by atoms with Crippen LogP contribution in [0.2, 0.25) is 0 Å². The summed E-state index contributed by atoms with van der Waals surface area (Å²) in [6, 6.07) is 7.09. The molecule has 0 unspecified atom stereocenters. The Hall–Kier alpha value is -2.08. The zero-order chi connectivity index (χ0) is 16.0. The van der Waals surface area contributed by atoms with Gasteiger partial charge in [0, 0.05) is 38.2 Å². The molecule has 11 heteroatoms. The summed E-state index contributed by atoms with van der Waals surface area (Å²) in [5.41, 5.74) is 1.47. The molecule has 1 aromatic carbocycles. The average molecular weight is 357 g/mol. The van der Waals surface area contributed by atoms with E-state index in [0.29, 0.717) is 10.8 Å². The smallest absolute Gasteiger partial charge is 0.249 e. The van der Waals surface area contributed by atoms with Gasteiger partial charge in [0.2, 0.25) is 15.5 Å². The molecule has 9 nitrogen and oxygen atoms in total. The van der Waals surface area contributed by atoms with Crippen molar-refractivity contribution in [1.29, 1.82) is 0 Å². The van der Waals surface area contributed by atoms with E-state index >= 15 is 0 Å². The standard InChI is InChI=1S/C11H13N5O4S2.CH3/c1-16(6-7-20-22(17,18)19)10-4-2-9(3-5-10)14-15-11-12-8-13-21-11;/h2-5,8H,6-7H2,1H3,(H,17,18,19);1H3/q;+1/p-1. The number of hydrogen-bond donors (Lipinski definition) is 0. The number of nitrogens with zero attached hydrogens (tertiary/aromatic N) is 5. The Morgan fingerprint density at radius 3 is 2.57 bits per heavy atom. The summed E-state index contributed by atoms with van der Waals surface area (Å²) in [5.74, 6) is 0. The van der Waals surface area contributed by atoms with Crippen molar-refractivity contribution < 1.29 is 17.2 Å². The van der Waals surface area contributed by atoms with Crippen LogP contribution in [0.1, 0.15) is 0 Å². The van der Waals surface area contributed by atoms with Crippen LogP contribution in [-0.2, 0) is 14.6 Å². The predicted octanol–water partition coefficient (Wildman–Crippen LogP) is 2.32. The molecule has 0 atom stereocenters. The van der Waals surface area contributed by atoms with Crippen LogP contribution in [-0.4, -0.2) is 42.5 Å². The summed E-state index contributed by atoms with van der Waals surface area (Å²) < 4.78 is 39.0. The second kappa shape index (κ2) is 8.53. The van der Waals surface area contributed by atoms with Gasteiger partial charge in [-0.1, -0.05) is 0 Å². The molecule has 124 valence electrons. The predicted molar refractivity (Wildman–Crippen MR) is 85.9 cm³/mol. The van der Waals surface area contributed by atoms with Crippen LogP contribution in [0.15, 0.2) is 40.8 Å². The van der Waals surface area contributed by atoms with Gasteiger partial charge in [0.05, 0.1) is 12.3 Å². The van der Waals surface area contributed by atoms with Gasteiger partial charge in [0.25, 0.3) is 0 Å². The first-order chi connectivity index (χ1) is 10.4. The molecule has 0 amide bonds. The monoisotopic (exact) mass is 357 g/mol. The Labute approximate surface area is 138 Å². The Bertz CT molecular complexity index is 716. The summed E-state index contributed by atoms with van der Waals surface area (Å²) >= 11 is 1.14. The fourth-order valence-corrected chi connectivity index (χ4v) is 2.13. The zero-order valence-electron chi connectivity index (χ0n) is 12.5. The topological polar surface area (TPSA) is 120 Å². The van der Waals surface area contributed by atoms with E-state index in [-0.39, 0.29) is 20.6 Å². The summed E-state index contributed by atoms with van der Waals surface area (Å²) in [5, 5.41) is 8.40. The molecule has 0 aliphatic rings. The van der Waals surface area contributed by atoms with Crippen molar-refractivity contribution in [1.82, 2.24) is 9.36 Å². The zero-order valence-corrected chi connectivity index (χ0v) is 14.1. The van der Waals surface area contributed by atoms with Gasteiger partial charge in [-0.05, 0) is 24.3 Å². The maximum Gasteiger partial charge on any atom is 0.249 e. The highest BCUT2D eigenvalue weighted by Crippen LogP contribution is 2.21. The SMILES string of the molecule is CN(CCOS(=O)(=O)[O-])c1ccc(N=Nc2ncns2)cc1.[CH3+]. The van der Waals surface area contributed by atoms with E-state index in [1.807, 2.05) is 0 Å². The number of benzene rings is 1. The highest BCUT2D eigenvalue weighted by atomic mass is 32.3. The third kappa shape index (κ3) is 6.69. The van der Waals surface area contributed by atoms with E-state index in [1.54, 1.807) is 36.2 Å². The summed E-state index contributed by atoms with van der Waals surface area (Å²) in [4.78, 5) is 5.63. The normalized spacial score (nSPS) is 11.4. The van der Waals surface area contributed by atoms with Crippen LogP contribution in [0.5, 0.6) is 0 Å². The Kier molecular flexibility index (Phi) is 7.03. The van der Waals surface area contributed by atoms with Crippen molar-refractivity contribution >= 4 is 38.4 Å². The maximum atomic E-state index is 10.3. The van der Waals surface area contributed by atoms with E-state index in [1.165, 1.54) is 6.33 Å². The summed E-state index contributed by atoms with van der Waals surface area (Å²) in [6.07, 6.45) is 1.40. The highest BCUT2D eigenvalue weighted by Gasteiger charge is 2.03. The van der Waals surface area contributed by atoms with Crippen LogP contribution in [0.4, 0.5) is 16.5 Å². The minimum Gasteiger partial charge on any atom is -0.726 e. The van der Waals surface area contributed by atoms with Crippen molar-refractivity contribution in [3.63, 3.8) is 0 Å². The van der Waals surface area contributed by atoms with Gasteiger partial charge in [-0.2, -0.15) is 4.37 Å². The van der Waals surface area contributed by atoms with Crippen molar-refractivity contribution in [2.45, 2.75) is 0 Å². The minimum atomic E-state index is -4.65. The van der Waals surface area contributed by atoms with Crippen LogP contribution in [0, 0.1) is 7.43 Å². The fourth-order valence-electron chi connectivity index (χ4n) is 1.49. The molecule has 2 rings (SSSR count).